The molecule has 5 nitrogen and oxygen atoms in total. The number of unbranched alkanes of at least 4 members (excludes halogenated alkanes) is 8. The Balaban J connectivity index is 1.50. The van der Waals surface area contributed by atoms with E-state index in [-0.39, 0.29) is 18.6 Å². The Labute approximate surface area is 258 Å². The summed E-state index contributed by atoms with van der Waals surface area (Å²) < 4.78 is 64.8. The fourth-order valence-corrected chi connectivity index (χ4v) is 4.78. The van der Waals surface area contributed by atoms with Gasteiger partial charge in [-0.05, 0) is 49.1 Å². The molecule has 9 heteroatoms. The van der Waals surface area contributed by atoms with Crippen molar-refractivity contribution in [3.63, 3.8) is 0 Å². The summed E-state index contributed by atoms with van der Waals surface area (Å²) in [5.41, 5.74) is 2.26. The molecule has 0 fully saturated rings. The van der Waals surface area contributed by atoms with E-state index in [0.717, 1.165) is 43.2 Å². The molecule has 3 aromatic rings. The van der Waals surface area contributed by atoms with Crippen LogP contribution in [-0.4, -0.2) is 41.0 Å². The number of halogens is 4. The van der Waals surface area contributed by atoms with Crippen molar-refractivity contribution < 1.29 is 31.8 Å². The van der Waals surface area contributed by atoms with E-state index in [1.165, 1.54) is 31.4 Å². The zero-order chi connectivity index (χ0) is 31.8. The molecule has 240 valence electrons. The number of hydrogen-bond donors (Lipinski definition) is 0. The standard InChI is InChI=1S/C35H44F4N2O3/c1-3-5-7-9-10-11-13-30(36)25-43-31-21-19-26(20-22-31)29-23-40-33(41-24-29)27-15-17-28(18-16-27)34(42)44-32(35(37,38)39)14-12-8-6-4-2/h15-24,30,32H,3-14,25H2,1-2H3/t30?,32-/m1/s1. The number of esters is 1. The number of benzene rings is 2. The molecule has 2 atom stereocenters. The SMILES string of the molecule is CCCCCCCCC(F)COc1ccc(-c2cnc(-c3ccc(C(=O)O[C@H](CCCCCC)C(F)(F)F)cc3)nc2)cc1. The molecule has 0 saturated carbocycles. The predicted molar refractivity (Wildman–Crippen MR) is 165 cm³/mol. The fraction of sp³-hybridized carbons (Fsp3) is 0.514. The second-order valence-corrected chi connectivity index (χ2v) is 11.1. The van der Waals surface area contributed by atoms with Crippen LogP contribution in [0, 0.1) is 0 Å². The highest BCUT2D eigenvalue weighted by Gasteiger charge is 2.42. The molecule has 0 radical (unpaired) electrons. The van der Waals surface area contributed by atoms with Crippen molar-refractivity contribution >= 4 is 5.97 Å². The van der Waals surface area contributed by atoms with E-state index in [9.17, 15) is 22.4 Å². The number of nitrogens with zero attached hydrogens (tertiary/aromatic N) is 2. The van der Waals surface area contributed by atoms with Crippen LogP contribution >= 0.6 is 0 Å². The van der Waals surface area contributed by atoms with Gasteiger partial charge in [0, 0.05) is 23.5 Å². The second-order valence-electron chi connectivity index (χ2n) is 11.1. The summed E-state index contributed by atoms with van der Waals surface area (Å²) in [7, 11) is 0. The monoisotopic (exact) mass is 616 g/mol. The maximum Gasteiger partial charge on any atom is 0.425 e. The number of carbonyl (C=O) groups excluding carboxylic acids is 1. The Bertz CT molecular complexity index is 1230. The molecule has 1 aromatic heterocycles. The molecule has 44 heavy (non-hydrogen) atoms. The first-order valence-corrected chi connectivity index (χ1v) is 15.8. The van der Waals surface area contributed by atoms with Gasteiger partial charge in [-0.1, -0.05) is 95.9 Å². The molecule has 0 aliphatic rings. The highest BCUT2D eigenvalue weighted by Crippen LogP contribution is 2.29. The van der Waals surface area contributed by atoms with Gasteiger partial charge in [-0.15, -0.1) is 0 Å². The average Bonchev–Trinajstić information content (AvgIpc) is 3.03. The molecule has 2 aromatic carbocycles. The minimum absolute atomic E-state index is 0.0250. The smallest absolute Gasteiger partial charge is 0.425 e. The summed E-state index contributed by atoms with van der Waals surface area (Å²) in [6.07, 6.45) is 5.34. The number of carbonyl (C=O) groups is 1. The van der Waals surface area contributed by atoms with Gasteiger partial charge in [-0.2, -0.15) is 13.2 Å². The van der Waals surface area contributed by atoms with Crippen molar-refractivity contribution in [1.29, 1.82) is 0 Å². The molecular weight excluding hydrogens is 572 g/mol. The Kier molecular flexibility index (Phi) is 14.6. The van der Waals surface area contributed by atoms with E-state index < -0.39 is 24.4 Å². The zero-order valence-corrected chi connectivity index (χ0v) is 25.8. The Morgan fingerprint density at radius 2 is 1.27 bits per heavy atom. The summed E-state index contributed by atoms with van der Waals surface area (Å²) in [5.74, 6) is -0.0245. The summed E-state index contributed by atoms with van der Waals surface area (Å²) in [5, 5.41) is 0. The van der Waals surface area contributed by atoms with Crippen molar-refractivity contribution in [1.82, 2.24) is 9.97 Å². The maximum atomic E-state index is 14.2. The van der Waals surface area contributed by atoms with Crippen LogP contribution in [0.1, 0.15) is 101 Å². The largest absolute Gasteiger partial charge is 0.491 e. The van der Waals surface area contributed by atoms with Gasteiger partial charge in [0.2, 0.25) is 0 Å². The second kappa shape index (κ2) is 18.3. The number of rotatable bonds is 19. The van der Waals surface area contributed by atoms with Crippen molar-refractivity contribution in [2.24, 2.45) is 0 Å². The highest BCUT2D eigenvalue weighted by atomic mass is 19.4. The molecule has 1 heterocycles. The van der Waals surface area contributed by atoms with Gasteiger partial charge in [0.25, 0.3) is 0 Å². The van der Waals surface area contributed by atoms with Gasteiger partial charge in [0.05, 0.1) is 5.56 Å². The molecule has 0 aliphatic carbocycles. The van der Waals surface area contributed by atoms with Crippen molar-refractivity contribution in [2.45, 2.75) is 109 Å². The first-order valence-electron chi connectivity index (χ1n) is 15.8. The maximum absolute atomic E-state index is 14.2. The molecule has 0 amide bonds. The quantitative estimate of drug-likeness (QED) is 0.0762. The van der Waals surface area contributed by atoms with Gasteiger partial charge in [-0.25, -0.2) is 19.2 Å². The minimum Gasteiger partial charge on any atom is -0.491 e. The fourth-order valence-electron chi connectivity index (χ4n) is 4.78. The highest BCUT2D eigenvalue weighted by molar-refractivity contribution is 5.90. The summed E-state index contributed by atoms with van der Waals surface area (Å²) in [6.45, 7) is 4.18. The minimum atomic E-state index is -4.62. The van der Waals surface area contributed by atoms with E-state index >= 15 is 0 Å². The number of aromatic nitrogens is 2. The normalized spacial score (nSPS) is 13.0. The molecule has 0 saturated heterocycles. The van der Waals surface area contributed by atoms with Crippen molar-refractivity contribution in [2.75, 3.05) is 6.61 Å². The summed E-state index contributed by atoms with van der Waals surface area (Å²) in [4.78, 5) is 21.3. The first kappa shape index (κ1) is 35.0. The van der Waals surface area contributed by atoms with E-state index in [2.05, 4.69) is 16.9 Å². The van der Waals surface area contributed by atoms with Crippen LogP contribution < -0.4 is 4.74 Å². The van der Waals surface area contributed by atoms with E-state index in [0.29, 0.717) is 36.4 Å². The van der Waals surface area contributed by atoms with Crippen molar-refractivity contribution in [3.8, 4) is 28.3 Å². The lowest BCUT2D eigenvalue weighted by Gasteiger charge is -2.20. The third-order valence-electron chi connectivity index (χ3n) is 7.45. The average molecular weight is 617 g/mol. The van der Waals surface area contributed by atoms with Gasteiger partial charge >= 0.3 is 12.1 Å². The third kappa shape index (κ3) is 11.9. The summed E-state index contributed by atoms with van der Waals surface area (Å²) >= 11 is 0. The van der Waals surface area contributed by atoms with Crippen LogP contribution in [0.15, 0.2) is 60.9 Å². The van der Waals surface area contributed by atoms with E-state index in [1.54, 1.807) is 36.7 Å². The first-order chi connectivity index (χ1) is 21.2. The van der Waals surface area contributed by atoms with Crippen LogP contribution in [0.5, 0.6) is 5.75 Å². The Morgan fingerprint density at radius 3 is 1.89 bits per heavy atom. The number of ether oxygens (including phenoxy) is 2. The third-order valence-corrected chi connectivity index (χ3v) is 7.45. The zero-order valence-electron chi connectivity index (χ0n) is 25.8. The molecule has 0 aliphatic heterocycles. The van der Waals surface area contributed by atoms with Crippen LogP contribution in [0.3, 0.4) is 0 Å². The van der Waals surface area contributed by atoms with E-state index in [4.69, 9.17) is 9.47 Å². The van der Waals surface area contributed by atoms with Crippen LogP contribution in [0.4, 0.5) is 17.6 Å². The summed E-state index contributed by atoms with van der Waals surface area (Å²) in [6, 6.07) is 13.3. The topological polar surface area (TPSA) is 61.3 Å². The lowest BCUT2D eigenvalue weighted by molar-refractivity contribution is -0.206. The molecule has 0 bridgehead atoms. The van der Waals surface area contributed by atoms with Gasteiger partial charge < -0.3 is 9.47 Å². The van der Waals surface area contributed by atoms with Gasteiger partial charge in [0.1, 0.15) is 18.5 Å². The van der Waals surface area contributed by atoms with Crippen LogP contribution in [0.2, 0.25) is 0 Å². The number of hydrogen-bond acceptors (Lipinski definition) is 5. The Morgan fingerprint density at radius 1 is 0.727 bits per heavy atom. The molecular formula is C35H44F4N2O3. The predicted octanol–water partition coefficient (Wildman–Crippen LogP) is 10.3. The van der Waals surface area contributed by atoms with Crippen LogP contribution in [-0.2, 0) is 4.74 Å². The van der Waals surface area contributed by atoms with Gasteiger partial charge in [0.15, 0.2) is 11.9 Å². The van der Waals surface area contributed by atoms with Crippen LogP contribution in [0.25, 0.3) is 22.5 Å². The molecule has 0 N–H and O–H groups in total. The number of alkyl halides is 4. The molecule has 3 rings (SSSR count). The van der Waals surface area contributed by atoms with Crippen molar-refractivity contribution in [3.05, 3.63) is 66.5 Å². The molecule has 1 unspecified atom stereocenters. The van der Waals surface area contributed by atoms with E-state index in [1.807, 2.05) is 19.1 Å². The lowest BCUT2D eigenvalue weighted by atomic mass is 10.1. The Hall–Kier alpha value is -3.49. The molecule has 0 spiro atoms. The van der Waals surface area contributed by atoms with Gasteiger partial charge in [-0.3, -0.25) is 0 Å². The lowest BCUT2D eigenvalue weighted by Crippen LogP contribution is -2.33.